The Morgan fingerprint density at radius 2 is 2.00 bits per heavy atom. The smallest absolute Gasteiger partial charge is 0.158 e. The van der Waals surface area contributed by atoms with Crippen LogP contribution in [0.5, 0.6) is 0 Å². The maximum Gasteiger partial charge on any atom is 0.158 e. The van der Waals surface area contributed by atoms with E-state index in [1.54, 1.807) is 6.92 Å². The molecule has 3 heteroatoms. The molecule has 0 aliphatic rings. The second kappa shape index (κ2) is 4.41. The Hall–Kier alpha value is -0.410. The molecule has 0 aliphatic heterocycles. The molecule has 0 aromatic rings. The molecular weight excluding hydrogens is 132 g/mol. The van der Waals surface area contributed by atoms with Crippen LogP contribution in [0.1, 0.15) is 26.7 Å². The van der Waals surface area contributed by atoms with E-state index in [2.05, 4.69) is 0 Å². The summed E-state index contributed by atoms with van der Waals surface area (Å²) in [7, 11) is 0. The van der Waals surface area contributed by atoms with Gasteiger partial charge in [-0.2, -0.15) is 0 Å². The van der Waals surface area contributed by atoms with E-state index >= 15 is 0 Å². The zero-order valence-corrected chi connectivity index (χ0v) is 6.37. The third kappa shape index (κ3) is 3.58. The predicted octanol–water partition coefficient (Wildman–Crippen LogP) is 0.0973. The fourth-order valence-electron chi connectivity index (χ4n) is 0.590. The van der Waals surface area contributed by atoms with E-state index in [1.165, 1.54) is 6.92 Å². The summed E-state index contributed by atoms with van der Waals surface area (Å²) < 4.78 is 0. The molecule has 3 nitrogen and oxygen atoms in total. The van der Waals surface area contributed by atoms with Crippen LogP contribution < -0.4 is 0 Å². The molecule has 0 aromatic carbocycles. The van der Waals surface area contributed by atoms with Crippen molar-refractivity contribution >= 4 is 5.78 Å². The van der Waals surface area contributed by atoms with Gasteiger partial charge in [0.1, 0.15) is 6.10 Å². The van der Waals surface area contributed by atoms with Crippen molar-refractivity contribution in [1.82, 2.24) is 0 Å². The molecule has 2 N–H and O–H groups in total. The van der Waals surface area contributed by atoms with Crippen molar-refractivity contribution in [2.45, 2.75) is 38.9 Å². The van der Waals surface area contributed by atoms with E-state index in [0.717, 1.165) is 0 Å². The fraction of sp³-hybridized carbons (Fsp3) is 0.857. The fourth-order valence-corrected chi connectivity index (χ4v) is 0.590. The summed E-state index contributed by atoms with van der Waals surface area (Å²) in [4.78, 5) is 10.4. The first-order chi connectivity index (χ1) is 4.57. The number of aliphatic hydroxyl groups excluding tert-OH is 2. The maximum atomic E-state index is 10.4. The molecule has 0 aliphatic carbocycles. The number of carbonyl (C=O) groups is 1. The summed E-state index contributed by atoms with van der Waals surface area (Å²) in [6.45, 7) is 3.12. The van der Waals surface area contributed by atoms with Crippen LogP contribution in [0.3, 0.4) is 0 Å². The van der Waals surface area contributed by atoms with Crippen LogP contribution in [0.25, 0.3) is 0 Å². The van der Waals surface area contributed by atoms with Crippen molar-refractivity contribution in [1.29, 1.82) is 0 Å². The molecule has 0 amide bonds. The molecule has 60 valence electrons. The van der Waals surface area contributed by atoms with Crippen LogP contribution in [0.4, 0.5) is 0 Å². The normalized spacial score (nSPS) is 16.4. The molecule has 10 heavy (non-hydrogen) atoms. The van der Waals surface area contributed by atoms with Gasteiger partial charge in [0.05, 0.1) is 6.10 Å². The summed E-state index contributed by atoms with van der Waals surface area (Å²) in [5.41, 5.74) is 0. The van der Waals surface area contributed by atoms with E-state index in [1.807, 2.05) is 0 Å². The molecule has 0 saturated heterocycles. The second-order valence-electron chi connectivity index (χ2n) is 2.42. The average Bonchev–Trinajstić information content (AvgIpc) is 1.87. The van der Waals surface area contributed by atoms with Crippen LogP contribution >= 0.6 is 0 Å². The van der Waals surface area contributed by atoms with Crippen molar-refractivity contribution in [3.63, 3.8) is 0 Å². The van der Waals surface area contributed by atoms with Crippen LogP contribution in [-0.4, -0.2) is 28.2 Å². The Balaban J connectivity index is 3.56. The zero-order valence-electron chi connectivity index (χ0n) is 6.37. The summed E-state index contributed by atoms with van der Waals surface area (Å²) in [6.07, 6.45) is -0.815. The summed E-state index contributed by atoms with van der Waals surface area (Å²) in [5.74, 6) is -0.285. The summed E-state index contributed by atoms with van der Waals surface area (Å²) in [6, 6.07) is 0. The molecule has 2 unspecified atom stereocenters. The molecule has 0 bridgehead atoms. The van der Waals surface area contributed by atoms with E-state index in [-0.39, 0.29) is 12.2 Å². The van der Waals surface area contributed by atoms with Crippen molar-refractivity contribution in [3.05, 3.63) is 0 Å². The van der Waals surface area contributed by atoms with Crippen molar-refractivity contribution in [2.24, 2.45) is 0 Å². The molecule has 2 atom stereocenters. The minimum Gasteiger partial charge on any atom is -0.393 e. The van der Waals surface area contributed by atoms with Gasteiger partial charge in [0.25, 0.3) is 0 Å². The highest BCUT2D eigenvalue weighted by Crippen LogP contribution is 2.01. The topological polar surface area (TPSA) is 57.5 Å². The molecule has 0 spiro atoms. The second-order valence-corrected chi connectivity index (χ2v) is 2.42. The lowest BCUT2D eigenvalue weighted by Crippen LogP contribution is -2.23. The lowest BCUT2D eigenvalue weighted by molar-refractivity contribution is -0.126. The highest BCUT2D eigenvalue weighted by Gasteiger charge is 2.13. The van der Waals surface area contributed by atoms with Crippen molar-refractivity contribution in [2.75, 3.05) is 0 Å². The summed E-state index contributed by atoms with van der Waals surface area (Å²) >= 11 is 0. The number of hydrogen-bond donors (Lipinski definition) is 2. The first-order valence-electron chi connectivity index (χ1n) is 3.44. The summed E-state index contributed by atoms with van der Waals surface area (Å²) in [5, 5.41) is 17.9. The average molecular weight is 146 g/mol. The Bertz CT molecular complexity index is 111. The van der Waals surface area contributed by atoms with E-state index in [4.69, 9.17) is 10.2 Å². The third-order valence-corrected chi connectivity index (χ3v) is 1.44. The molecule has 0 rings (SSSR count). The van der Waals surface area contributed by atoms with Gasteiger partial charge in [-0.1, -0.05) is 6.92 Å². The van der Waals surface area contributed by atoms with Crippen molar-refractivity contribution < 1.29 is 15.0 Å². The molecule has 0 saturated carbocycles. The predicted molar refractivity (Wildman–Crippen MR) is 37.6 cm³/mol. The third-order valence-electron chi connectivity index (χ3n) is 1.44. The number of ketones is 1. The van der Waals surface area contributed by atoms with Gasteiger partial charge in [-0.25, -0.2) is 0 Å². The first-order valence-corrected chi connectivity index (χ1v) is 3.44. The minimum absolute atomic E-state index is 0.159. The number of carbonyl (C=O) groups excluding carboxylic acids is 1. The number of Topliss-reactive ketones (excluding diaryl/α,β-unsaturated/α-hetero) is 1. The highest BCUT2D eigenvalue weighted by molar-refractivity contribution is 5.80. The Morgan fingerprint density at radius 1 is 1.50 bits per heavy atom. The lowest BCUT2D eigenvalue weighted by Gasteiger charge is -2.10. The Morgan fingerprint density at radius 3 is 2.30 bits per heavy atom. The quantitative estimate of drug-likeness (QED) is 0.591. The van der Waals surface area contributed by atoms with Crippen LogP contribution in [-0.2, 0) is 4.79 Å². The van der Waals surface area contributed by atoms with E-state index < -0.39 is 12.2 Å². The SMILES string of the molecule is CCC(O)CC(O)C(C)=O. The number of aliphatic hydroxyl groups is 2. The van der Waals surface area contributed by atoms with Crippen molar-refractivity contribution in [3.8, 4) is 0 Å². The molecule has 0 radical (unpaired) electrons. The van der Waals surface area contributed by atoms with Crippen LogP contribution in [0, 0.1) is 0 Å². The van der Waals surface area contributed by atoms with Gasteiger partial charge >= 0.3 is 0 Å². The van der Waals surface area contributed by atoms with Gasteiger partial charge in [-0.3, -0.25) is 4.79 Å². The van der Waals surface area contributed by atoms with Gasteiger partial charge in [0.2, 0.25) is 0 Å². The van der Waals surface area contributed by atoms with E-state index in [9.17, 15) is 4.79 Å². The first kappa shape index (κ1) is 9.59. The molecular formula is C7H14O3. The Labute approximate surface area is 60.7 Å². The van der Waals surface area contributed by atoms with Gasteiger partial charge < -0.3 is 10.2 Å². The van der Waals surface area contributed by atoms with Gasteiger partial charge in [-0.15, -0.1) is 0 Å². The monoisotopic (exact) mass is 146 g/mol. The molecule has 0 heterocycles. The van der Waals surface area contributed by atoms with E-state index in [0.29, 0.717) is 6.42 Å². The molecule has 0 fully saturated rings. The van der Waals surface area contributed by atoms with Crippen LogP contribution in [0.2, 0.25) is 0 Å². The Kier molecular flexibility index (Phi) is 4.23. The van der Waals surface area contributed by atoms with Crippen LogP contribution in [0.15, 0.2) is 0 Å². The van der Waals surface area contributed by atoms with Gasteiger partial charge in [0.15, 0.2) is 5.78 Å². The number of rotatable bonds is 4. The maximum absolute atomic E-state index is 10.4. The van der Waals surface area contributed by atoms with Gasteiger partial charge in [-0.05, 0) is 13.3 Å². The minimum atomic E-state index is -0.991. The van der Waals surface area contributed by atoms with Gasteiger partial charge in [0, 0.05) is 6.42 Å². The standard InChI is InChI=1S/C7H14O3/c1-3-6(9)4-7(10)5(2)8/h6-7,9-10H,3-4H2,1-2H3. The number of hydrogen-bond acceptors (Lipinski definition) is 3. The largest absolute Gasteiger partial charge is 0.393 e. The zero-order chi connectivity index (χ0) is 8.15. The molecule has 0 aromatic heterocycles. The lowest BCUT2D eigenvalue weighted by atomic mass is 10.1. The highest BCUT2D eigenvalue weighted by atomic mass is 16.3.